The Morgan fingerprint density at radius 3 is 3.20 bits per heavy atom. The van der Waals surface area contributed by atoms with Gasteiger partial charge < -0.3 is 10.2 Å². The highest BCUT2D eigenvalue weighted by Gasteiger charge is 2.10. The van der Waals surface area contributed by atoms with Gasteiger partial charge in [-0.05, 0) is 37.5 Å². The zero-order valence-corrected chi connectivity index (χ0v) is 11.9. The van der Waals surface area contributed by atoms with Gasteiger partial charge in [0.05, 0.1) is 19.0 Å². The molecule has 0 saturated carbocycles. The zero-order chi connectivity index (χ0) is 14.2. The lowest BCUT2D eigenvalue weighted by molar-refractivity contribution is -0.284. The standard InChI is InChI=1S/C15H22N2O3/c1-18-19-11-14-10-9-13(20-14)7-4-6-12-5-2-3-8-15(16)17-12/h4,7,9-10,12H,2-3,5-6,8,11H2,1H3,(H2,16,17). The first-order valence-corrected chi connectivity index (χ1v) is 7.01. The predicted molar refractivity (Wildman–Crippen MR) is 78.0 cm³/mol. The second-order valence-corrected chi connectivity index (χ2v) is 4.89. The van der Waals surface area contributed by atoms with Crippen LogP contribution in [0.1, 0.15) is 43.6 Å². The molecule has 1 aromatic rings. The van der Waals surface area contributed by atoms with Crippen LogP contribution in [0.5, 0.6) is 0 Å². The molecule has 0 radical (unpaired) electrons. The lowest BCUT2D eigenvalue weighted by Crippen LogP contribution is -2.13. The van der Waals surface area contributed by atoms with Crippen LogP contribution in [0.25, 0.3) is 6.08 Å². The molecule has 2 rings (SSSR count). The summed E-state index contributed by atoms with van der Waals surface area (Å²) >= 11 is 0. The molecule has 1 aliphatic heterocycles. The molecule has 0 spiro atoms. The molecule has 1 atom stereocenters. The van der Waals surface area contributed by atoms with Crippen LogP contribution in [0.2, 0.25) is 0 Å². The number of amidine groups is 1. The van der Waals surface area contributed by atoms with Gasteiger partial charge in [-0.1, -0.05) is 12.5 Å². The van der Waals surface area contributed by atoms with Crippen LogP contribution in [0.15, 0.2) is 27.6 Å². The first kappa shape index (κ1) is 14.8. The minimum Gasteiger partial charge on any atom is -0.459 e. The Morgan fingerprint density at radius 1 is 1.45 bits per heavy atom. The summed E-state index contributed by atoms with van der Waals surface area (Å²) in [6.07, 6.45) is 9.33. The van der Waals surface area contributed by atoms with Crippen molar-refractivity contribution in [2.24, 2.45) is 10.7 Å². The van der Waals surface area contributed by atoms with Crippen molar-refractivity contribution in [1.29, 1.82) is 0 Å². The Balaban J connectivity index is 1.83. The van der Waals surface area contributed by atoms with Crippen molar-refractivity contribution in [2.75, 3.05) is 7.11 Å². The van der Waals surface area contributed by atoms with E-state index in [0.717, 1.165) is 43.0 Å². The third-order valence-corrected chi connectivity index (χ3v) is 3.26. The third kappa shape index (κ3) is 4.83. The average molecular weight is 278 g/mol. The number of furan rings is 1. The zero-order valence-electron chi connectivity index (χ0n) is 11.9. The lowest BCUT2D eigenvalue weighted by atomic mass is 10.1. The molecule has 0 saturated heterocycles. The van der Waals surface area contributed by atoms with Crippen molar-refractivity contribution >= 4 is 11.9 Å². The van der Waals surface area contributed by atoms with Crippen LogP contribution < -0.4 is 5.73 Å². The fourth-order valence-electron chi connectivity index (χ4n) is 2.24. The Hall–Kier alpha value is -1.59. The van der Waals surface area contributed by atoms with Gasteiger partial charge in [-0.2, -0.15) is 0 Å². The molecule has 0 amide bonds. The van der Waals surface area contributed by atoms with Gasteiger partial charge in [-0.3, -0.25) is 4.99 Å². The summed E-state index contributed by atoms with van der Waals surface area (Å²) in [5.41, 5.74) is 5.84. The van der Waals surface area contributed by atoms with E-state index in [2.05, 4.69) is 16.0 Å². The van der Waals surface area contributed by atoms with Crippen molar-refractivity contribution < 1.29 is 14.2 Å². The first-order chi connectivity index (χ1) is 9.78. The number of nitrogens with zero attached hydrogens (tertiary/aromatic N) is 1. The number of aliphatic imine (C=N–C) groups is 1. The molecule has 0 aromatic carbocycles. The van der Waals surface area contributed by atoms with E-state index in [1.54, 1.807) is 0 Å². The van der Waals surface area contributed by atoms with Gasteiger partial charge in [-0.25, -0.2) is 9.78 Å². The molecule has 0 aliphatic carbocycles. The predicted octanol–water partition coefficient (Wildman–Crippen LogP) is 3.06. The van der Waals surface area contributed by atoms with E-state index in [-0.39, 0.29) is 0 Å². The SMILES string of the molecule is COOCc1ccc(C=CCC2CCCCC(N)=N2)o1. The highest BCUT2D eigenvalue weighted by molar-refractivity contribution is 5.80. The topological polar surface area (TPSA) is 70.0 Å². The molecule has 0 bridgehead atoms. The number of hydrogen-bond acceptors (Lipinski definition) is 5. The van der Waals surface area contributed by atoms with Gasteiger partial charge in [0.15, 0.2) is 0 Å². The van der Waals surface area contributed by atoms with Crippen LogP contribution in [-0.4, -0.2) is 19.0 Å². The Labute approximate surface area is 119 Å². The molecular weight excluding hydrogens is 256 g/mol. The van der Waals surface area contributed by atoms with E-state index in [0.29, 0.717) is 12.6 Å². The summed E-state index contributed by atoms with van der Waals surface area (Å²) in [6.45, 7) is 0.313. The molecular formula is C15H22N2O3. The summed E-state index contributed by atoms with van der Waals surface area (Å²) < 4.78 is 5.57. The molecule has 5 heteroatoms. The molecule has 0 fully saturated rings. The smallest absolute Gasteiger partial charge is 0.140 e. The van der Waals surface area contributed by atoms with Crippen molar-refractivity contribution in [3.05, 3.63) is 29.7 Å². The van der Waals surface area contributed by atoms with Crippen LogP contribution in [0.4, 0.5) is 0 Å². The Morgan fingerprint density at radius 2 is 2.35 bits per heavy atom. The van der Waals surface area contributed by atoms with Crippen LogP contribution in [0, 0.1) is 0 Å². The fraction of sp³-hybridized carbons (Fsp3) is 0.533. The molecule has 5 nitrogen and oxygen atoms in total. The second kappa shape index (κ2) is 7.87. The number of rotatable bonds is 6. The van der Waals surface area contributed by atoms with Gasteiger partial charge in [0.1, 0.15) is 18.1 Å². The van der Waals surface area contributed by atoms with E-state index in [1.807, 2.05) is 18.2 Å². The normalized spacial score (nSPS) is 20.1. The fourth-order valence-corrected chi connectivity index (χ4v) is 2.24. The van der Waals surface area contributed by atoms with E-state index in [4.69, 9.17) is 15.0 Å². The molecule has 2 N–H and O–H groups in total. The van der Waals surface area contributed by atoms with Crippen molar-refractivity contribution in [3.8, 4) is 0 Å². The molecule has 1 aliphatic rings. The first-order valence-electron chi connectivity index (χ1n) is 7.01. The second-order valence-electron chi connectivity index (χ2n) is 4.89. The van der Waals surface area contributed by atoms with Gasteiger partial charge in [0.2, 0.25) is 0 Å². The minimum atomic E-state index is 0.306. The summed E-state index contributed by atoms with van der Waals surface area (Å²) in [7, 11) is 1.47. The summed E-state index contributed by atoms with van der Waals surface area (Å²) in [5.74, 6) is 2.34. The van der Waals surface area contributed by atoms with E-state index in [1.165, 1.54) is 13.5 Å². The Kier molecular flexibility index (Phi) is 5.83. The summed E-state index contributed by atoms with van der Waals surface area (Å²) in [4.78, 5) is 13.9. The Bertz CT molecular complexity index is 465. The third-order valence-electron chi connectivity index (χ3n) is 3.26. The van der Waals surface area contributed by atoms with Crippen molar-refractivity contribution in [1.82, 2.24) is 0 Å². The van der Waals surface area contributed by atoms with E-state index >= 15 is 0 Å². The maximum atomic E-state index is 5.84. The van der Waals surface area contributed by atoms with E-state index in [9.17, 15) is 0 Å². The van der Waals surface area contributed by atoms with Gasteiger partial charge in [-0.15, -0.1) is 0 Å². The minimum absolute atomic E-state index is 0.306. The molecule has 1 aromatic heterocycles. The van der Waals surface area contributed by atoms with Crippen LogP contribution in [0.3, 0.4) is 0 Å². The highest BCUT2D eigenvalue weighted by atomic mass is 17.2. The maximum Gasteiger partial charge on any atom is 0.140 e. The van der Waals surface area contributed by atoms with Gasteiger partial charge in [0.25, 0.3) is 0 Å². The van der Waals surface area contributed by atoms with Gasteiger partial charge >= 0.3 is 0 Å². The average Bonchev–Trinajstić information content (AvgIpc) is 2.78. The lowest BCUT2D eigenvalue weighted by Gasteiger charge is -2.06. The van der Waals surface area contributed by atoms with Crippen LogP contribution >= 0.6 is 0 Å². The van der Waals surface area contributed by atoms with Crippen molar-refractivity contribution in [2.45, 2.75) is 44.8 Å². The molecule has 2 heterocycles. The number of hydrogen-bond donors (Lipinski definition) is 1. The number of nitrogens with two attached hydrogens (primary N) is 1. The molecule has 1 unspecified atom stereocenters. The quantitative estimate of drug-likeness (QED) is 0.641. The van der Waals surface area contributed by atoms with Crippen molar-refractivity contribution in [3.63, 3.8) is 0 Å². The van der Waals surface area contributed by atoms with Gasteiger partial charge in [0, 0.05) is 6.42 Å². The largest absolute Gasteiger partial charge is 0.459 e. The highest BCUT2D eigenvalue weighted by Crippen LogP contribution is 2.17. The summed E-state index contributed by atoms with van der Waals surface area (Å²) in [5, 5.41) is 0. The monoisotopic (exact) mass is 278 g/mol. The maximum absolute atomic E-state index is 5.84. The molecule has 110 valence electrons. The van der Waals surface area contributed by atoms with E-state index < -0.39 is 0 Å². The summed E-state index contributed by atoms with van der Waals surface area (Å²) in [6, 6.07) is 4.09. The van der Waals surface area contributed by atoms with Crippen LogP contribution in [-0.2, 0) is 16.4 Å². The molecule has 20 heavy (non-hydrogen) atoms.